The number of hydrogen-bond acceptors (Lipinski definition) is 5. The predicted molar refractivity (Wildman–Crippen MR) is 108 cm³/mol. The minimum atomic E-state index is -1.22. The van der Waals surface area contributed by atoms with Crippen molar-refractivity contribution in [3.05, 3.63) is 94.5 Å². The Kier molecular flexibility index (Phi) is 3.81. The van der Waals surface area contributed by atoms with Crippen molar-refractivity contribution in [3.8, 4) is 11.5 Å². The average molecular weight is 398 g/mol. The lowest BCUT2D eigenvalue weighted by Crippen LogP contribution is -2.33. The fourth-order valence-corrected chi connectivity index (χ4v) is 3.97. The first-order valence-electron chi connectivity index (χ1n) is 9.60. The van der Waals surface area contributed by atoms with Crippen LogP contribution in [0, 0.1) is 12.1 Å². The second kappa shape index (κ2) is 6.20. The van der Waals surface area contributed by atoms with E-state index in [4.69, 9.17) is 14.2 Å². The average Bonchev–Trinajstić information content (AvgIpc) is 3.00. The Labute approximate surface area is 174 Å². The van der Waals surface area contributed by atoms with E-state index in [2.05, 4.69) is 12.1 Å². The van der Waals surface area contributed by atoms with Gasteiger partial charge < -0.3 is 14.2 Å². The van der Waals surface area contributed by atoms with Gasteiger partial charge in [-0.25, -0.2) is 9.59 Å². The molecule has 0 N–H and O–H groups in total. The van der Waals surface area contributed by atoms with Crippen molar-refractivity contribution in [2.45, 2.75) is 32.0 Å². The van der Waals surface area contributed by atoms with Crippen LogP contribution in [0.1, 0.15) is 58.2 Å². The number of benzene rings is 3. The molecular weight excluding hydrogens is 380 g/mol. The second-order valence-electron chi connectivity index (χ2n) is 8.28. The molecule has 148 valence electrons. The van der Waals surface area contributed by atoms with Gasteiger partial charge in [0.2, 0.25) is 0 Å². The molecule has 0 saturated carbocycles. The quantitative estimate of drug-likeness (QED) is 0.551. The molecular formula is C25H18O5. The highest BCUT2D eigenvalue weighted by Gasteiger charge is 2.53. The molecule has 3 aromatic carbocycles. The number of ether oxygens (including phenoxy) is 3. The predicted octanol–water partition coefficient (Wildman–Crippen LogP) is 4.81. The summed E-state index contributed by atoms with van der Waals surface area (Å²) in [6.45, 7) is 5.43. The molecule has 0 saturated heterocycles. The number of carbonyl (C=O) groups excluding carboxylic acids is 2. The van der Waals surface area contributed by atoms with Gasteiger partial charge in [0, 0.05) is 16.7 Å². The zero-order chi connectivity index (χ0) is 21.1. The number of hydrogen-bond donors (Lipinski definition) is 0. The Morgan fingerprint density at radius 2 is 1.60 bits per heavy atom. The van der Waals surface area contributed by atoms with E-state index in [1.165, 1.54) is 0 Å². The lowest BCUT2D eigenvalue weighted by molar-refractivity contribution is 0.00692. The lowest BCUT2D eigenvalue weighted by atomic mass is 9.77. The van der Waals surface area contributed by atoms with Gasteiger partial charge in [0.1, 0.15) is 17.1 Å². The second-order valence-corrected chi connectivity index (χ2v) is 8.28. The highest BCUT2D eigenvalue weighted by Crippen LogP contribution is 2.55. The molecule has 2 aliphatic rings. The zero-order valence-corrected chi connectivity index (χ0v) is 16.7. The third-order valence-corrected chi connectivity index (χ3v) is 5.13. The molecule has 5 heteroatoms. The Morgan fingerprint density at radius 3 is 2.20 bits per heavy atom. The summed E-state index contributed by atoms with van der Waals surface area (Å²) in [5.74, 6) is 0.149. The van der Waals surface area contributed by atoms with Crippen LogP contribution in [-0.2, 0) is 15.1 Å². The van der Waals surface area contributed by atoms with E-state index in [1.54, 1.807) is 42.5 Å². The first-order valence-corrected chi connectivity index (χ1v) is 9.60. The van der Waals surface area contributed by atoms with Gasteiger partial charge in [-0.1, -0.05) is 12.1 Å². The molecule has 30 heavy (non-hydrogen) atoms. The molecule has 0 unspecified atom stereocenters. The SMILES string of the molecule is CC(C)(C)OC(=O)c1ccc2c(c1)C1(OC2=O)c2cc[c]cc2Oc2c[c]ccc21. The molecule has 0 amide bonds. The molecule has 5 rings (SSSR count). The van der Waals surface area contributed by atoms with E-state index in [0.717, 1.165) is 0 Å². The van der Waals surface area contributed by atoms with E-state index in [-0.39, 0.29) is 0 Å². The van der Waals surface area contributed by atoms with Crippen molar-refractivity contribution in [2.75, 3.05) is 0 Å². The van der Waals surface area contributed by atoms with Gasteiger partial charge in [0.05, 0.1) is 11.1 Å². The Morgan fingerprint density at radius 1 is 0.967 bits per heavy atom. The van der Waals surface area contributed by atoms with E-state index in [9.17, 15) is 9.59 Å². The maximum Gasteiger partial charge on any atom is 0.340 e. The van der Waals surface area contributed by atoms with E-state index >= 15 is 0 Å². The minimum Gasteiger partial charge on any atom is -0.456 e. The van der Waals surface area contributed by atoms with Gasteiger partial charge in [-0.15, -0.1) is 0 Å². The van der Waals surface area contributed by atoms with Crippen molar-refractivity contribution in [1.82, 2.24) is 0 Å². The van der Waals surface area contributed by atoms with Crippen LogP contribution in [0.3, 0.4) is 0 Å². The van der Waals surface area contributed by atoms with Crippen LogP contribution >= 0.6 is 0 Å². The fourth-order valence-electron chi connectivity index (χ4n) is 3.97. The van der Waals surface area contributed by atoms with Gasteiger partial charge in [-0.2, -0.15) is 0 Å². The summed E-state index contributed by atoms with van der Waals surface area (Å²) in [5, 5.41) is 0. The fraction of sp³-hybridized carbons (Fsp3) is 0.200. The summed E-state index contributed by atoms with van der Waals surface area (Å²) < 4.78 is 17.6. The summed E-state index contributed by atoms with van der Waals surface area (Å²) in [4.78, 5) is 25.6. The first kappa shape index (κ1) is 18.4. The molecule has 1 spiro atoms. The summed E-state index contributed by atoms with van der Waals surface area (Å²) in [5.41, 5.74) is 0.824. The molecule has 2 aliphatic heterocycles. The van der Waals surface area contributed by atoms with E-state index in [0.29, 0.717) is 39.3 Å². The molecule has 2 heterocycles. The highest BCUT2D eigenvalue weighted by atomic mass is 16.6. The van der Waals surface area contributed by atoms with Crippen LogP contribution in [-0.4, -0.2) is 17.5 Å². The van der Waals surface area contributed by atoms with Gasteiger partial charge in [0.25, 0.3) is 0 Å². The van der Waals surface area contributed by atoms with E-state index < -0.39 is 23.1 Å². The minimum absolute atomic E-state index is 0.348. The highest BCUT2D eigenvalue weighted by molar-refractivity contribution is 5.99. The number of carbonyl (C=O) groups is 2. The van der Waals surface area contributed by atoms with Crippen molar-refractivity contribution in [3.63, 3.8) is 0 Å². The summed E-state index contributed by atoms with van der Waals surface area (Å²) in [7, 11) is 0. The van der Waals surface area contributed by atoms with Crippen LogP contribution in [0.4, 0.5) is 0 Å². The van der Waals surface area contributed by atoms with Gasteiger partial charge in [0.15, 0.2) is 5.60 Å². The zero-order valence-electron chi connectivity index (χ0n) is 16.7. The van der Waals surface area contributed by atoms with Crippen molar-refractivity contribution < 1.29 is 23.8 Å². The Balaban J connectivity index is 1.76. The number of fused-ring (bicyclic) bond motifs is 6. The molecule has 3 aromatic rings. The first-order chi connectivity index (χ1) is 14.3. The van der Waals surface area contributed by atoms with Crippen LogP contribution in [0.2, 0.25) is 0 Å². The monoisotopic (exact) mass is 398 g/mol. The van der Waals surface area contributed by atoms with Crippen molar-refractivity contribution >= 4 is 11.9 Å². The van der Waals surface area contributed by atoms with Crippen LogP contribution < -0.4 is 4.74 Å². The smallest absolute Gasteiger partial charge is 0.340 e. The van der Waals surface area contributed by atoms with Crippen LogP contribution in [0.25, 0.3) is 0 Å². The lowest BCUT2D eigenvalue weighted by Gasteiger charge is -2.36. The standard InChI is InChI=1S/C25H18O5/c1-24(2,3)29-22(26)15-12-13-16-19(14-15)25(30-23(16)27)17-8-4-6-10-20(17)28-21-11-7-5-9-18(21)25/h4-5,8-14H,1-3H3. The topological polar surface area (TPSA) is 61.8 Å². The molecule has 5 nitrogen and oxygen atoms in total. The third kappa shape index (κ3) is 2.62. The van der Waals surface area contributed by atoms with Gasteiger partial charge in [-0.3, -0.25) is 0 Å². The maximum atomic E-state index is 12.9. The maximum absolute atomic E-state index is 12.9. The largest absolute Gasteiger partial charge is 0.456 e. The Hall–Kier alpha value is -3.60. The molecule has 0 aromatic heterocycles. The van der Waals surface area contributed by atoms with Gasteiger partial charge in [-0.05, 0) is 75.4 Å². The van der Waals surface area contributed by atoms with Crippen molar-refractivity contribution in [2.24, 2.45) is 0 Å². The normalized spacial score (nSPS) is 15.5. The Bertz CT molecular complexity index is 1160. The summed E-state index contributed by atoms with van der Waals surface area (Å²) >= 11 is 0. The molecule has 0 atom stereocenters. The van der Waals surface area contributed by atoms with E-state index in [1.807, 2.05) is 32.9 Å². The molecule has 2 radical (unpaired) electrons. The molecule has 0 aliphatic carbocycles. The molecule has 0 bridgehead atoms. The van der Waals surface area contributed by atoms with Crippen LogP contribution in [0.15, 0.2) is 54.6 Å². The van der Waals surface area contributed by atoms with Crippen molar-refractivity contribution in [1.29, 1.82) is 0 Å². The number of rotatable bonds is 1. The van der Waals surface area contributed by atoms with Gasteiger partial charge >= 0.3 is 11.9 Å². The van der Waals surface area contributed by atoms with Crippen LogP contribution in [0.5, 0.6) is 11.5 Å². The third-order valence-electron chi connectivity index (χ3n) is 5.13. The molecule has 0 fully saturated rings. The summed E-state index contributed by atoms with van der Waals surface area (Å²) in [6.07, 6.45) is 0. The summed E-state index contributed by atoms with van der Waals surface area (Å²) in [6, 6.07) is 21.4. The number of esters is 2.